The van der Waals surface area contributed by atoms with Gasteiger partial charge in [-0.1, -0.05) is 54.9 Å². The summed E-state index contributed by atoms with van der Waals surface area (Å²) in [5, 5.41) is 6.76. The Kier molecular flexibility index (Phi) is 6.61. The van der Waals surface area contributed by atoms with Crippen molar-refractivity contribution in [3.05, 3.63) is 70.7 Å². The van der Waals surface area contributed by atoms with Gasteiger partial charge in [0.05, 0.1) is 11.2 Å². The Morgan fingerprint density at radius 1 is 1.24 bits per heavy atom. The molecular formula is C27H30ClN3O2. The summed E-state index contributed by atoms with van der Waals surface area (Å²) in [5.74, 6) is 0.744. The van der Waals surface area contributed by atoms with E-state index in [1.165, 1.54) is 11.3 Å². The molecule has 0 aliphatic carbocycles. The van der Waals surface area contributed by atoms with E-state index in [-0.39, 0.29) is 18.1 Å². The summed E-state index contributed by atoms with van der Waals surface area (Å²) in [6.07, 6.45) is 2.66. The van der Waals surface area contributed by atoms with E-state index < -0.39 is 0 Å². The van der Waals surface area contributed by atoms with Crippen LogP contribution in [0.1, 0.15) is 51.2 Å². The number of benzene rings is 3. The molecule has 33 heavy (non-hydrogen) atoms. The monoisotopic (exact) mass is 463 g/mol. The van der Waals surface area contributed by atoms with Crippen LogP contribution >= 0.6 is 11.6 Å². The topological polar surface area (TPSA) is 53.9 Å². The van der Waals surface area contributed by atoms with Crippen molar-refractivity contribution in [2.24, 2.45) is 5.10 Å². The quantitative estimate of drug-likeness (QED) is 0.353. The number of nitrogens with zero attached hydrogens (tertiary/aromatic N) is 2. The third-order valence-electron chi connectivity index (χ3n) is 6.32. The highest BCUT2D eigenvalue weighted by Crippen LogP contribution is 2.44. The Morgan fingerprint density at radius 3 is 2.79 bits per heavy atom. The van der Waals surface area contributed by atoms with Crippen molar-refractivity contribution in [2.45, 2.75) is 45.6 Å². The maximum Gasteiger partial charge on any atom is 0.277 e. The number of fused-ring (bicyclic) bond motifs is 2. The predicted molar refractivity (Wildman–Crippen MR) is 137 cm³/mol. The Hall–Kier alpha value is -3.05. The average Bonchev–Trinajstić information content (AvgIpc) is 2.78. The van der Waals surface area contributed by atoms with Crippen molar-refractivity contribution in [3.8, 4) is 5.75 Å². The zero-order valence-corrected chi connectivity index (χ0v) is 20.3. The fourth-order valence-electron chi connectivity index (χ4n) is 4.89. The molecule has 1 heterocycles. The van der Waals surface area contributed by atoms with E-state index >= 15 is 0 Å². The molecule has 1 unspecified atom stereocenters. The lowest BCUT2D eigenvalue weighted by Gasteiger charge is -2.47. The summed E-state index contributed by atoms with van der Waals surface area (Å²) in [5.41, 5.74) is 5.84. The molecule has 3 aromatic carbocycles. The second-order valence-corrected chi connectivity index (χ2v) is 9.56. The van der Waals surface area contributed by atoms with E-state index in [0.29, 0.717) is 16.7 Å². The Balaban J connectivity index is 1.43. The van der Waals surface area contributed by atoms with Crippen molar-refractivity contribution in [3.63, 3.8) is 0 Å². The zero-order valence-electron chi connectivity index (χ0n) is 19.6. The van der Waals surface area contributed by atoms with E-state index in [1.807, 2.05) is 48.5 Å². The lowest BCUT2D eigenvalue weighted by atomic mass is 9.79. The van der Waals surface area contributed by atoms with Gasteiger partial charge < -0.3 is 9.64 Å². The minimum absolute atomic E-state index is 0.0815. The number of ether oxygens (including phenoxy) is 1. The second-order valence-electron chi connectivity index (χ2n) is 9.15. The number of hydrazone groups is 1. The number of nitrogens with one attached hydrogen (secondary N) is 1. The normalized spacial score (nSPS) is 17.2. The van der Waals surface area contributed by atoms with Crippen LogP contribution in [0.4, 0.5) is 5.69 Å². The van der Waals surface area contributed by atoms with Crippen LogP contribution in [0.2, 0.25) is 5.02 Å². The molecule has 172 valence electrons. The molecule has 1 aliphatic heterocycles. The highest BCUT2D eigenvalue weighted by molar-refractivity contribution is 6.33. The first-order valence-corrected chi connectivity index (χ1v) is 11.7. The summed E-state index contributed by atoms with van der Waals surface area (Å²) in [7, 11) is 0. The third-order valence-corrected chi connectivity index (χ3v) is 6.65. The molecule has 1 aliphatic rings. The van der Waals surface area contributed by atoms with Gasteiger partial charge in [-0.2, -0.15) is 5.10 Å². The van der Waals surface area contributed by atoms with Crippen molar-refractivity contribution in [1.29, 1.82) is 0 Å². The highest BCUT2D eigenvalue weighted by Gasteiger charge is 2.35. The van der Waals surface area contributed by atoms with Crippen molar-refractivity contribution >= 4 is 40.2 Å². The number of halogens is 1. The lowest BCUT2D eigenvalue weighted by Crippen LogP contribution is -2.48. The van der Waals surface area contributed by atoms with Crippen LogP contribution in [-0.4, -0.2) is 30.8 Å². The molecule has 0 aromatic heterocycles. The first-order valence-electron chi connectivity index (χ1n) is 11.3. The Bertz CT molecular complexity index is 1200. The third kappa shape index (κ3) is 4.83. The Labute approximate surface area is 200 Å². The van der Waals surface area contributed by atoms with Crippen LogP contribution in [0.25, 0.3) is 10.8 Å². The molecule has 0 radical (unpaired) electrons. The molecule has 0 bridgehead atoms. The fourth-order valence-corrected chi connectivity index (χ4v) is 5.10. The first-order chi connectivity index (χ1) is 15.8. The van der Waals surface area contributed by atoms with E-state index in [2.05, 4.69) is 49.2 Å². The summed E-state index contributed by atoms with van der Waals surface area (Å²) in [6, 6.07) is 17.8. The van der Waals surface area contributed by atoms with Gasteiger partial charge in [-0.3, -0.25) is 4.79 Å². The molecule has 1 amide bonds. The van der Waals surface area contributed by atoms with Crippen molar-refractivity contribution in [2.75, 3.05) is 18.1 Å². The fraction of sp³-hybridized carbons (Fsp3) is 0.333. The van der Waals surface area contributed by atoms with Crippen molar-refractivity contribution < 1.29 is 9.53 Å². The van der Waals surface area contributed by atoms with Crippen LogP contribution in [0.3, 0.4) is 0 Å². The van der Waals surface area contributed by atoms with Gasteiger partial charge in [0.2, 0.25) is 0 Å². The molecule has 0 spiro atoms. The number of hydrogen-bond donors (Lipinski definition) is 1. The summed E-state index contributed by atoms with van der Waals surface area (Å²) in [6.45, 7) is 9.75. The van der Waals surface area contributed by atoms with Crippen LogP contribution in [-0.2, 0) is 4.79 Å². The molecular weight excluding hydrogens is 434 g/mol. The number of carbonyl (C=O) groups excluding carboxylic acids is 1. The smallest absolute Gasteiger partial charge is 0.277 e. The number of rotatable bonds is 6. The molecule has 5 nitrogen and oxygen atoms in total. The van der Waals surface area contributed by atoms with E-state index in [0.717, 1.165) is 29.3 Å². The van der Waals surface area contributed by atoms with Crippen LogP contribution < -0.4 is 15.1 Å². The molecule has 1 atom stereocenters. The second kappa shape index (κ2) is 9.44. The highest BCUT2D eigenvalue weighted by atomic mass is 35.5. The van der Waals surface area contributed by atoms with Crippen LogP contribution in [0.5, 0.6) is 5.75 Å². The maximum atomic E-state index is 12.3. The molecule has 1 N–H and O–H groups in total. The molecule has 4 rings (SSSR count). The predicted octanol–water partition coefficient (Wildman–Crippen LogP) is 6.13. The van der Waals surface area contributed by atoms with Gasteiger partial charge in [0, 0.05) is 28.7 Å². The largest absolute Gasteiger partial charge is 0.483 e. The van der Waals surface area contributed by atoms with Gasteiger partial charge in [0.1, 0.15) is 5.75 Å². The van der Waals surface area contributed by atoms with E-state index in [1.54, 1.807) is 6.21 Å². The minimum Gasteiger partial charge on any atom is -0.483 e. The summed E-state index contributed by atoms with van der Waals surface area (Å²) < 4.78 is 5.72. The molecule has 3 aromatic rings. The molecule has 0 saturated carbocycles. The maximum absolute atomic E-state index is 12.3. The van der Waals surface area contributed by atoms with Gasteiger partial charge in [-0.05, 0) is 62.3 Å². The number of hydrogen-bond acceptors (Lipinski definition) is 4. The number of anilines is 1. The summed E-state index contributed by atoms with van der Waals surface area (Å²) >= 11 is 6.58. The number of carbonyl (C=O) groups is 1. The van der Waals surface area contributed by atoms with E-state index in [9.17, 15) is 4.79 Å². The number of amides is 1. The lowest BCUT2D eigenvalue weighted by molar-refractivity contribution is -0.123. The van der Waals surface area contributed by atoms with Gasteiger partial charge in [-0.25, -0.2) is 5.43 Å². The van der Waals surface area contributed by atoms with E-state index in [4.69, 9.17) is 16.3 Å². The van der Waals surface area contributed by atoms with Crippen LogP contribution in [0.15, 0.2) is 59.7 Å². The van der Waals surface area contributed by atoms with Gasteiger partial charge in [-0.15, -0.1) is 0 Å². The summed E-state index contributed by atoms with van der Waals surface area (Å²) in [4.78, 5) is 14.7. The van der Waals surface area contributed by atoms with Crippen molar-refractivity contribution in [1.82, 2.24) is 5.43 Å². The van der Waals surface area contributed by atoms with Gasteiger partial charge in [0.25, 0.3) is 5.91 Å². The zero-order chi connectivity index (χ0) is 23.6. The Morgan fingerprint density at radius 2 is 2.00 bits per heavy atom. The minimum atomic E-state index is -0.333. The SMILES string of the molecule is CCN1c2cc(Cl)c(/C=N/NC(=O)COc3cccc4ccccc34)cc2C(C)CC1(C)C. The van der Waals surface area contributed by atoms with Crippen LogP contribution in [0, 0.1) is 0 Å². The van der Waals surface area contributed by atoms with Gasteiger partial charge in [0.15, 0.2) is 6.61 Å². The van der Waals surface area contributed by atoms with Gasteiger partial charge >= 0.3 is 0 Å². The molecule has 6 heteroatoms. The first kappa shape index (κ1) is 23.1. The standard InChI is InChI=1S/C27H30ClN3O2/c1-5-31-24-14-23(28)20(13-22(24)18(2)15-27(31,3)4)16-29-30-26(32)17-33-25-12-8-10-19-9-6-7-11-21(19)25/h6-14,16,18H,5,15,17H2,1-4H3,(H,30,32)/b29-16+. The average molecular weight is 464 g/mol. The molecule has 0 saturated heterocycles. The molecule has 0 fully saturated rings.